The van der Waals surface area contributed by atoms with Crippen LogP contribution in [0.25, 0.3) is 87.6 Å². The van der Waals surface area contributed by atoms with Gasteiger partial charge in [0, 0.05) is 27.8 Å². The fourth-order valence-corrected chi connectivity index (χ4v) is 7.98. The van der Waals surface area contributed by atoms with Crippen LogP contribution in [0.5, 0.6) is 0 Å². The van der Waals surface area contributed by atoms with E-state index in [4.69, 9.17) is 4.42 Å². The van der Waals surface area contributed by atoms with Gasteiger partial charge in [-0.15, -0.1) is 0 Å². The van der Waals surface area contributed by atoms with Gasteiger partial charge >= 0.3 is 0 Å². The Kier molecular flexibility index (Phi) is 5.83. The molecule has 1 heterocycles. The average molecular weight is 722 g/mol. The molecule has 0 aliphatic carbocycles. The fraction of sp³-hybridized carbons (Fsp3) is 0. The lowest BCUT2D eigenvalue weighted by Gasteiger charge is -2.26. The molecule has 0 saturated carbocycles. The molecule has 0 bridgehead atoms. The molecule has 0 amide bonds. The first-order valence-corrected chi connectivity index (χ1v) is 18.5. The number of hydrogen-bond acceptors (Lipinski definition) is 2. The standard InChI is InChI=1S/C54H35NO/c1-3-14-44-36(11-1)13-9-19-45(44)37-23-29-41(30-24-37)55(42-31-25-38(26-32-42)47-20-10-22-53-54(47)50-18-7-8-21-52(50)56-53)43-33-27-39(28-34-43)51-35-40-12-2-4-15-46(40)48-16-5-6-17-49(48)51/h1-35H/i23D,24D,25D,26D,29D,30D,31D,32D. The maximum atomic E-state index is 9.67. The van der Waals surface area contributed by atoms with Crippen molar-refractivity contribution in [1.82, 2.24) is 0 Å². The van der Waals surface area contributed by atoms with Crippen molar-refractivity contribution in [1.29, 1.82) is 0 Å². The molecule has 2 nitrogen and oxygen atoms in total. The number of anilines is 3. The van der Waals surface area contributed by atoms with E-state index in [2.05, 4.69) is 30.3 Å². The van der Waals surface area contributed by atoms with E-state index in [-0.39, 0.29) is 46.7 Å². The number of benzene rings is 10. The molecular weight excluding hydrogens is 679 g/mol. The SMILES string of the molecule is [2H]c1c([2H])c(N(c2ccc(-c3cc4ccccc4c4ccccc34)cc2)c2c([2H])c([2H])c(-c3cccc4oc5ccccc5c34)c([2H])c2[2H])c([2H])c([2H])c1-c1cccc2ccccc12. The third-order valence-corrected chi connectivity index (χ3v) is 10.6. The normalized spacial score (nSPS) is 13.6. The summed E-state index contributed by atoms with van der Waals surface area (Å²) in [5, 5.41) is 7.41. The smallest absolute Gasteiger partial charge is 0.136 e. The van der Waals surface area contributed by atoms with Gasteiger partial charge in [-0.2, -0.15) is 0 Å². The van der Waals surface area contributed by atoms with Crippen LogP contribution in [-0.4, -0.2) is 0 Å². The molecule has 11 aromatic rings. The Morgan fingerprint density at radius 3 is 1.62 bits per heavy atom. The minimum atomic E-state index is -0.416. The predicted octanol–water partition coefficient (Wildman–Crippen LogP) is 15.5. The van der Waals surface area contributed by atoms with Crippen molar-refractivity contribution in [2.24, 2.45) is 0 Å². The zero-order chi connectivity index (χ0) is 44.0. The second-order valence-electron chi connectivity index (χ2n) is 13.8. The molecule has 0 radical (unpaired) electrons. The zero-order valence-corrected chi connectivity index (χ0v) is 29.9. The van der Waals surface area contributed by atoms with E-state index < -0.39 is 24.2 Å². The second-order valence-corrected chi connectivity index (χ2v) is 13.8. The highest BCUT2D eigenvalue weighted by Crippen LogP contribution is 2.42. The van der Waals surface area contributed by atoms with Crippen molar-refractivity contribution in [3.63, 3.8) is 0 Å². The number of hydrogen-bond donors (Lipinski definition) is 0. The number of fused-ring (bicyclic) bond motifs is 7. The molecule has 56 heavy (non-hydrogen) atoms. The minimum Gasteiger partial charge on any atom is -0.456 e. The quantitative estimate of drug-likeness (QED) is 0.159. The molecule has 0 unspecified atom stereocenters. The largest absolute Gasteiger partial charge is 0.456 e. The number of rotatable bonds is 6. The van der Waals surface area contributed by atoms with E-state index in [1.807, 2.05) is 97.1 Å². The fourth-order valence-electron chi connectivity index (χ4n) is 7.98. The van der Waals surface area contributed by atoms with Crippen molar-refractivity contribution < 1.29 is 15.4 Å². The summed E-state index contributed by atoms with van der Waals surface area (Å²) in [5.74, 6) is 0. The number of nitrogens with zero attached hydrogens (tertiary/aromatic N) is 1. The monoisotopic (exact) mass is 721 g/mol. The molecule has 0 aliphatic heterocycles. The lowest BCUT2D eigenvalue weighted by atomic mass is 9.93. The van der Waals surface area contributed by atoms with Crippen LogP contribution >= 0.6 is 0 Å². The van der Waals surface area contributed by atoms with Crippen LogP contribution in [-0.2, 0) is 0 Å². The van der Waals surface area contributed by atoms with Gasteiger partial charge in [-0.25, -0.2) is 0 Å². The summed E-state index contributed by atoms with van der Waals surface area (Å²) in [6.45, 7) is 0. The minimum absolute atomic E-state index is 0.0697. The molecule has 0 saturated heterocycles. The Bertz CT molecular complexity index is 3670. The first-order valence-electron chi connectivity index (χ1n) is 22.5. The van der Waals surface area contributed by atoms with Crippen LogP contribution in [0.4, 0.5) is 17.1 Å². The van der Waals surface area contributed by atoms with Crippen LogP contribution in [0.2, 0.25) is 0 Å². The van der Waals surface area contributed by atoms with Crippen molar-refractivity contribution in [2.75, 3.05) is 4.90 Å². The highest BCUT2D eigenvalue weighted by molar-refractivity contribution is 6.14. The highest BCUT2D eigenvalue weighted by Gasteiger charge is 2.17. The topological polar surface area (TPSA) is 16.4 Å². The summed E-state index contributed by atoms with van der Waals surface area (Å²) in [5.41, 5.74) is 4.09. The van der Waals surface area contributed by atoms with Gasteiger partial charge in [0.05, 0.1) is 11.0 Å². The first-order chi connectivity index (χ1) is 31.1. The van der Waals surface area contributed by atoms with Crippen LogP contribution in [0.15, 0.2) is 217 Å². The van der Waals surface area contributed by atoms with Gasteiger partial charge in [0.2, 0.25) is 0 Å². The zero-order valence-electron chi connectivity index (χ0n) is 37.9. The summed E-state index contributed by atoms with van der Waals surface area (Å²) in [6, 6.07) is 48.9. The Hall–Kier alpha value is -7.42. The van der Waals surface area contributed by atoms with Gasteiger partial charge in [0.1, 0.15) is 11.2 Å². The number of furan rings is 1. The lowest BCUT2D eigenvalue weighted by Crippen LogP contribution is -2.09. The van der Waals surface area contributed by atoms with Crippen molar-refractivity contribution >= 4 is 71.3 Å². The molecule has 1 aromatic heterocycles. The molecule has 10 aromatic carbocycles. The lowest BCUT2D eigenvalue weighted by molar-refractivity contribution is 0.669. The van der Waals surface area contributed by atoms with E-state index in [1.54, 1.807) is 36.4 Å². The Labute approximate surface area is 336 Å². The Balaban J connectivity index is 1.16. The molecule has 11 rings (SSSR count). The highest BCUT2D eigenvalue weighted by atomic mass is 16.3. The molecule has 0 fully saturated rings. The van der Waals surface area contributed by atoms with Gasteiger partial charge in [-0.1, -0.05) is 158 Å². The van der Waals surface area contributed by atoms with Crippen molar-refractivity contribution in [3.8, 4) is 33.4 Å². The third kappa shape index (κ3) is 5.34. The molecule has 262 valence electrons. The summed E-state index contributed by atoms with van der Waals surface area (Å²) in [7, 11) is 0. The average Bonchev–Trinajstić information content (AvgIpc) is 3.72. The summed E-state index contributed by atoms with van der Waals surface area (Å²) in [4.78, 5) is 1.36. The van der Waals surface area contributed by atoms with Crippen LogP contribution < -0.4 is 4.90 Å². The van der Waals surface area contributed by atoms with Gasteiger partial charge in [-0.3, -0.25) is 0 Å². The summed E-state index contributed by atoms with van der Waals surface area (Å²) in [6.07, 6.45) is 0. The van der Waals surface area contributed by atoms with E-state index in [1.165, 1.54) is 4.90 Å². The maximum Gasteiger partial charge on any atom is 0.136 e. The van der Waals surface area contributed by atoms with Crippen LogP contribution in [0.1, 0.15) is 11.0 Å². The van der Waals surface area contributed by atoms with Crippen molar-refractivity contribution in [2.45, 2.75) is 0 Å². The number of para-hydroxylation sites is 1. The molecule has 0 N–H and O–H groups in total. The van der Waals surface area contributed by atoms with E-state index in [0.29, 0.717) is 33.4 Å². The molecule has 2 heteroatoms. The maximum absolute atomic E-state index is 9.67. The predicted molar refractivity (Wildman–Crippen MR) is 237 cm³/mol. The van der Waals surface area contributed by atoms with Crippen LogP contribution in [0, 0.1) is 0 Å². The molecular formula is C54H35NO. The van der Waals surface area contributed by atoms with Gasteiger partial charge in [0.25, 0.3) is 0 Å². The molecule has 0 aliphatic rings. The second kappa shape index (κ2) is 13.2. The van der Waals surface area contributed by atoms with Gasteiger partial charge in [0.15, 0.2) is 0 Å². The molecule has 0 atom stereocenters. The summed E-state index contributed by atoms with van der Waals surface area (Å²) >= 11 is 0. The van der Waals surface area contributed by atoms with Crippen molar-refractivity contribution in [3.05, 3.63) is 212 Å². The first kappa shape index (κ1) is 24.8. The van der Waals surface area contributed by atoms with E-state index >= 15 is 0 Å². The van der Waals surface area contributed by atoms with Gasteiger partial charge in [-0.05, 0) is 120 Å². The van der Waals surface area contributed by atoms with Crippen LogP contribution in [0.3, 0.4) is 0 Å². The third-order valence-electron chi connectivity index (χ3n) is 10.6. The van der Waals surface area contributed by atoms with Gasteiger partial charge < -0.3 is 9.32 Å². The molecule has 0 spiro atoms. The Morgan fingerprint density at radius 2 is 0.875 bits per heavy atom. The van der Waals surface area contributed by atoms with E-state index in [0.717, 1.165) is 48.8 Å². The summed E-state index contributed by atoms with van der Waals surface area (Å²) < 4.78 is 82.8. The Morgan fingerprint density at radius 1 is 0.339 bits per heavy atom. The van der Waals surface area contributed by atoms with E-state index in [9.17, 15) is 11.0 Å².